The van der Waals surface area contributed by atoms with Crippen LogP contribution in [0, 0.1) is 5.41 Å². The highest BCUT2D eigenvalue weighted by atomic mass is 32.2. The van der Waals surface area contributed by atoms with Crippen molar-refractivity contribution >= 4 is 22.8 Å². The van der Waals surface area contributed by atoms with Crippen LogP contribution < -0.4 is 17.2 Å². The lowest BCUT2D eigenvalue weighted by molar-refractivity contribution is -0.0328. The van der Waals surface area contributed by atoms with E-state index in [-0.39, 0.29) is 38.6 Å². The zero-order chi connectivity index (χ0) is 32.5. The van der Waals surface area contributed by atoms with E-state index < -0.39 is 5.51 Å². The summed E-state index contributed by atoms with van der Waals surface area (Å²) in [6.07, 6.45) is 5.88. The lowest BCUT2D eigenvalue weighted by Gasteiger charge is -2.22. The molecule has 0 atom stereocenters. The molecule has 1 aliphatic carbocycles. The van der Waals surface area contributed by atoms with Crippen molar-refractivity contribution in [3.63, 3.8) is 0 Å². The third-order valence-corrected chi connectivity index (χ3v) is 8.87. The lowest BCUT2D eigenvalue weighted by atomic mass is 9.85. The van der Waals surface area contributed by atoms with E-state index in [1.165, 1.54) is 0 Å². The molecule has 0 aliphatic heterocycles. The number of alkyl halides is 3. The summed E-state index contributed by atoms with van der Waals surface area (Å²) < 4.78 is 39.6. The van der Waals surface area contributed by atoms with Gasteiger partial charge in [0, 0.05) is 34.1 Å². The summed E-state index contributed by atoms with van der Waals surface area (Å²) in [4.78, 5) is 19.9. The van der Waals surface area contributed by atoms with Gasteiger partial charge in [0.25, 0.3) is 0 Å². The van der Waals surface area contributed by atoms with Crippen LogP contribution in [0.15, 0.2) is 64.4 Å². The van der Waals surface area contributed by atoms with Gasteiger partial charge in [0.2, 0.25) is 0 Å². The van der Waals surface area contributed by atoms with Crippen LogP contribution in [0.5, 0.6) is 0 Å². The van der Waals surface area contributed by atoms with Crippen molar-refractivity contribution in [3.8, 4) is 5.69 Å². The molecule has 10 heteroatoms. The van der Waals surface area contributed by atoms with Crippen LogP contribution >= 0.6 is 11.8 Å². The van der Waals surface area contributed by atoms with Gasteiger partial charge in [-0.15, -0.1) is 0 Å². The molecule has 0 amide bonds. The predicted molar refractivity (Wildman–Crippen MR) is 174 cm³/mol. The number of H-pyrrole nitrogens is 1. The number of aromatic nitrogens is 3. The quantitative estimate of drug-likeness (QED) is 0.182. The van der Waals surface area contributed by atoms with E-state index in [1.807, 2.05) is 63.4 Å². The van der Waals surface area contributed by atoms with E-state index in [0.717, 1.165) is 59.1 Å². The van der Waals surface area contributed by atoms with Gasteiger partial charge >= 0.3 is 11.2 Å². The predicted octanol–water partition coefficient (Wildman–Crippen LogP) is 7.74. The molecule has 2 aromatic heterocycles. The first-order valence-electron chi connectivity index (χ1n) is 14.9. The Balaban J connectivity index is 0.000000201. The summed E-state index contributed by atoms with van der Waals surface area (Å²) in [5, 5.41) is 0.924. The fourth-order valence-electron chi connectivity index (χ4n) is 4.95. The van der Waals surface area contributed by atoms with E-state index in [2.05, 4.69) is 30.7 Å². The van der Waals surface area contributed by atoms with Crippen molar-refractivity contribution in [1.29, 1.82) is 0 Å². The van der Waals surface area contributed by atoms with Gasteiger partial charge in [-0.3, -0.25) is 4.57 Å². The van der Waals surface area contributed by atoms with Gasteiger partial charge in [-0.05, 0) is 102 Å². The Morgan fingerprint density at radius 3 is 2.11 bits per heavy atom. The molecule has 0 unspecified atom stereocenters. The van der Waals surface area contributed by atoms with Crippen molar-refractivity contribution in [2.45, 2.75) is 95.0 Å². The van der Waals surface area contributed by atoms with E-state index in [0.29, 0.717) is 18.7 Å². The molecule has 44 heavy (non-hydrogen) atoms. The van der Waals surface area contributed by atoms with Crippen molar-refractivity contribution < 1.29 is 13.2 Å². The zero-order valence-corrected chi connectivity index (χ0v) is 27.3. The molecule has 238 valence electrons. The highest BCUT2D eigenvalue weighted by molar-refractivity contribution is 8.00. The van der Waals surface area contributed by atoms with Gasteiger partial charge in [-0.2, -0.15) is 18.2 Å². The number of thioether (sulfide) groups is 1. The number of halogens is 3. The smallest absolute Gasteiger partial charge is 0.343 e. The number of nitrogens with one attached hydrogen (secondary N) is 1. The Bertz CT molecular complexity index is 1640. The number of aromatic amines is 1. The van der Waals surface area contributed by atoms with Crippen LogP contribution in [0.25, 0.3) is 16.7 Å². The van der Waals surface area contributed by atoms with Gasteiger partial charge in [-0.1, -0.05) is 59.7 Å². The van der Waals surface area contributed by atoms with Crippen molar-refractivity contribution in [3.05, 3.63) is 87.6 Å². The maximum Gasteiger partial charge on any atom is 0.446 e. The van der Waals surface area contributed by atoms with Crippen LogP contribution in [0.3, 0.4) is 0 Å². The first-order chi connectivity index (χ1) is 20.4. The molecule has 2 heterocycles. The summed E-state index contributed by atoms with van der Waals surface area (Å²) in [6, 6.07) is 15.0. The Hall–Kier alpha value is -3.08. The van der Waals surface area contributed by atoms with Gasteiger partial charge in [-0.25, -0.2) is 4.79 Å². The van der Waals surface area contributed by atoms with E-state index in [1.54, 1.807) is 16.7 Å². The second-order valence-electron chi connectivity index (χ2n) is 13.9. The molecule has 0 spiro atoms. The van der Waals surface area contributed by atoms with Crippen LogP contribution in [0.1, 0.15) is 83.2 Å². The molecular weight excluding hydrogens is 583 g/mol. The number of nitrogens with zero attached hydrogens (tertiary/aromatic N) is 2. The number of rotatable bonds is 7. The zero-order valence-electron chi connectivity index (χ0n) is 26.4. The van der Waals surface area contributed by atoms with Crippen molar-refractivity contribution in [2.24, 2.45) is 16.9 Å². The van der Waals surface area contributed by atoms with Crippen LogP contribution in [0.4, 0.5) is 13.2 Å². The number of hydrogen-bond acceptors (Lipinski definition) is 5. The monoisotopic (exact) mass is 627 g/mol. The van der Waals surface area contributed by atoms with E-state index in [9.17, 15) is 18.0 Å². The van der Waals surface area contributed by atoms with Crippen LogP contribution in [0.2, 0.25) is 0 Å². The second kappa shape index (κ2) is 12.7. The number of hydrogen-bond donors (Lipinski definition) is 3. The number of nitrogens with two attached hydrogens (primary N) is 2. The molecular formula is C34H44F3N5OS. The Morgan fingerprint density at radius 2 is 1.59 bits per heavy atom. The Labute approximate surface area is 261 Å². The third-order valence-electron chi connectivity index (χ3n) is 8.17. The molecule has 1 aliphatic rings. The summed E-state index contributed by atoms with van der Waals surface area (Å²) >= 11 is -0.0248. The minimum absolute atomic E-state index is 0.0165. The van der Waals surface area contributed by atoms with Gasteiger partial charge < -0.3 is 16.5 Å². The van der Waals surface area contributed by atoms with Gasteiger partial charge in [0.15, 0.2) is 0 Å². The molecule has 4 aromatic rings. The fourth-order valence-corrected chi connectivity index (χ4v) is 5.61. The summed E-state index contributed by atoms with van der Waals surface area (Å²) in [6.45, 7) is 13.6. The maximum absolute atomic E-state index is 12.7. The highest BCUT2D eigenvalue weighted by Gasteiger charge is 2.40. The third kappa shape index (κ3) is 8.76. The number of fused-ring (bicyclic) bond motifs is 1. The van der Waals surface area contributed by atoms with Crippen molar-refractivity contribution in [1.82, 2.24) is 14.5 Å². The maximum atomic E-state index is 12.7. The lowest BCUT2D eigenvalue weighted by Crippen LogP contribution is -2.20. The SMILES string of the molecule is CC(C)(C)c1cc(CCC2(CN)CC2)cc(SC(F)(F)F)c1.CC(C)(C)c1cc2cn(-c3ccc(CN)cc3)c(=O)nc2[nH]1. The molecule has 6 nitrogen and oxygen atoms in total. The molecule has 5 N–H and O–H groups in total. The average molecular weight is 628 g/mol. The van der Waals surface area contributed by atoms with Crippen LogP contribution in [-0.2, 0) is 23.8 Å². The fraction of sp³-hybridized carbons (Fsp3) is 0.471. The molecule has 0 bridgehead atoms. The molecule has 1 fully saturated rings. The summed E-state index contributed by atoms with van der Waals surface area (Å²) in [7, 11) is 0. The highest BCUT2D eigenvalue weighted by Crippen LogP contribution is 2.48. The van der Waals surface area contributed by atoms with E-state index in [4.69, 9.17) is 11.5 Å². The number of benzene rings is 2. The molecule has 5 rings (SSSR count). The summed E-state index contributed by atoms with van der Waals surface area (Å²) in [5.74, 6) is 0. The van der Waals surface area contributed by atoms with Gasteiger partial charge in [0.05, 0.1) is 5.69 Å². The van der Waals surface area contributed by atoms with E-state index >= 15 is 0 Å². The van der Waals surface area contributed by atoms with Crippen molar-refractivity contribution in [2.75, 3.05) is 6.54 Å². The molecule has 1 saturated carbocycles. The minimum atomic E-state index is -4.25. The van der Waals surface area contributed by atoms with Gasteiger partial charge in [0.1, 0.15) is 5.65 Å². The molecule has 2 aromatic carbocycles. The Kier molecular flexibility index (Phi) is 9.78. The second-order valence-corrected chi connectivity index (χ2v) is 15.0. The average Bonchev–Trinajstić information content (AvgIpc) is 3.59. The minimum Gasteiger partial charge on any atom is -0.343 e. The Morgan fingerprint density at radius 1 is 0.932 bits per heavy atom. The van der Waals surface area contributed by atoms with Crippen LogP contribution in [-0.4, -0.2) is 26.6 Å². The number of aryl methyl sites for hydroxylation is 1. The molecule has 0 radical (unpaired) electrons. The largest absolute Gasteiger partial charge is 0.446 e. The topological polar surface area (TPSA) is 103 Å². The normalized spacial score (nSPS) is 14.8. The first kappa shape index (κ1) is 33.8. The standard InChI is InChI=1S/C17H24F3NS.C17H20N4O/c1-15(2,3)13-8-12(4-5-16(11-21)6-7-16)9-14(10-13)22-17(18,19)20;1-17(2,3)14-8-12-10-21(16(22)20-15(12)19-14)13-6-4-11(9-18)5-7-13/h8-10H,4-7,11,21H2,1-3H3;4-8,10H,9,18H2,1-3H3,(H,19,20,22). The summed E-state index contributed by atoms with van der Waals surface area (Å²) in [5.41, 5.74) is 12.4. The first-order valence-corrected chi connectivity index (χ1v) is 15.8. The molecule has 0 saturated heterocycles.